The highest BCUT2D eigenvalue weighted by Crippen LogP contribution is 2.45. The van der Waals surface area contributed by atoms with E-state index in [1.54, 1.807) is 11.3 Å². The van der Waals surface area contributed by atoms with Crippen molar-refractivity contribution < 1.29 is 0 Å². The van der Waals surface area contributed by atoms with Gasteiger partial charge < -0.3 is 4.90 Å². The van der Waals surface area contributed by atoms with Gasteiger partial charge in [-0.25, -0.2) is 0 Å². The van der Waals surface area contributed by atoms with E-state index in [1.165, 1.54) is 53.2 Å². The van der Waals surface area contributed by atoms with Gasteiger partial charge in [-0.2, -0.15) is 0 Å². The van der Waals surface area contributed by atoms with Crippen molar-refractivity contribution >= 4 is 59.3 Å². The standard InChI is InChI=1S/C39H26N2S/c1-2-7-27(8-3-1)29-15-19-33(20-16-29)41(36-11-6-12-37-39(36)35-23-24-40-26-38(35)42-37)34-21-17-30(18-22-34)32-14-13-28-9-4-5-10-31(28)25-32/h1-26H. The van der Waals surface area contributed by atoms with Crippen LogP contribution in [0.3, 0.4) is 0 Å². The predicted octanol–water partition coefficient (Wildman–Crippen LogP) is 11.4. The van der Waals surface area contributed by atoms with Crippen LogP contribution in [0.4, 0.5) is 17.1 Å². The van der Waals surface area contributed by atoms with Crippen molar-refractivity contribution in [2.75, 3.05) is 4.90 Å². The van der Waals surface area contributed by atoms with Crippen LogP contribution in [-0.4, -0.2) is 4.98 Å². The highest BCUT2D eigenvalue weighted by molar-refractivity contribution is 7.25. The smallest absolute Gasteiger partial charge is 0.0554 e. The third kappa shape index (κ3) is 4.32. The minimum absolute atomic E-state index is 1.12. The van der Waals surface area contributed by atoms with Crippen molar-refractivity contribution in [3.8, 4) is 22.3 Å². The van der Waals surface area contributed by atoms with Crippen LogP contribution in [0.2, 0.25) is 0 Å². The maximum absolute atomic E-state index is 4.39. The van der Waals surface area contributed by atoms with Gasteiger partial charge in [-0.15, -0.1) is 11.3 Å². The monoisotopic (exact) mass is 554 g/mol. The molecule has 2 heterocycles. The predicted molar refractivity (Wildman–Crippen MR) is 180 cm³/mol. The van der Waals surface area contributed by atoms with E-state index in [2.05, 4.69) is 155 Å². The first-order valence-corrected chi connectivity index (χ1v) is 14.9. The molecular weight excluding hydrogens is 529 g/mol. The molecule has 0 amide bonds. The first-order chi connectivity index (χ1) is 20.8. The SMILES string of the molecule is c1ccc(-c2ccc(N(c3ccc(-c4ccc5ccccc5c4)cc3)c3cccc4sc5cnccc5c34)cc2)cc1. The molecule has 3 heteroatoms. The van der Waals surface area contributed by atoms with Crippen molar-refractivity contribution in [2.24, 2.45) is 0 Å². The van der Waals surface area contributed by atoms with Crippen LogP contribution in [0.1, 0.15) is 0 Å². The molecule has 0 radical (unpaired) electrons. The number of nitrogens with zero attached hydrogens (tertiary/aromatic N) is 2. The van der Waals surface area contributed by atoms with Crippen LogP contribution >= 0.6 is 11.3 Å². The fourth-order valence-electron chi connectivity index (χ4n) is 5.88. The second-order valence-electron chi connectivity index (χ2n) is 10.5. The summed E-state index contributed by atoms with van der Waals surface area (Å²) in [7, 11) is 0. The maximum Gasteiger partial charge on any atom is 0.0554 e. The third-order valence-corrected chi connectivity index (χ3v) is 9.07. The summed E-state index contributed by atoms with van der Waals surface area (Å²) in [6, 6.07) is 52.4. The number of benzene rings is 6. The van der Waals surface area contributed by atoms with Crippen LogP contribution in [0.5, 0.6) is 0 Å². The van der Waals surface area contributed by atoms with Crippen molar-refractivity contribution in [1.29, 1.82) is 0 Å². The van der Waals surface area contributed by atoms with E-state index in [1.807, 2.05) is 12.4 Å². The molecule has 2 nitrogen and oxygen atoms in total. The summed E-state index contributed by atoms with van der Waals surface area (Å²) in [5.41, 5.74) is 8.24. The lowest BCUT2D eigenvalue weighted by atomic mass is 10.0. The molecule has 0 saturated heterocycles. The fourth-order valence-corrected chi connectivity index (χ4v) is 6.97. The van der Waals surface area contributed by atoms with Crippen molar-refractivity contribution in [1.82, 2.24) is 4.98 Å². The molecule has 0 spiro atoms. The molecule has 0 N–H and O–H groups in total. The molecule has 8 aromatic rings. The largest absolute Gasteiger partial charge is 0.310 e. The summed E-state index contributed by atoms with van der Waals surface area (Å²) in [6.07, 6.45) is 3.86. The summed E-state index contributed by atoms with van der Waals surface area (Å²) in [5, 5.41) is 5.00. The van der Waals surface area contributed by atoms with Gasteiger partial charge in [-0.1, -0.05) is 97.1 Å². The highest BCUT2D eigenvalue weighted by Gasteiger charge is 2.18. The molecule has 0 bridgehead atoms. The molecule has 42 heavy (non-hydrogen) atoms. The van der Waals surface area contributed by atoms with E-state index in [4.69, 9.17) is 0 Å². The summed E-state index contributed by atoms with van der Waals surface area (Å²) < 4.78 is 2.46. The summed E-state index contributed by atoms with van der Waals surface area (Å²) in [6.45, 7) is 0. The minimum Gasteiger partial charge on any atom is -0.310 e. The van der Waals surface area contributed by atoms with Crippen LogP contribution in [-0.2, 0) is 0 Å². The number of aromatic nitrogens is 1. The van der Waals surface area contributed by atoms with E-state index >= 15 is 0 Å². The Hall–Kier alpha value is -5.25. The Bertz CT molecular complexity index is 2180. The zero-order chi connectivity index (χ0) is 27.9. The second-order valence-corrected chi connectivity index (χ2v) is 11.6. The second kappa shape index (κ2) is 10.3. The van der Waals surface area contributed by atoms with E-state index in [-0.39, 0.29) is 0 Å². The van der Waals surface area contributed by atoms with Gasteiger partial charge in [-0.05, 0) is 81.6 Å². The molecule has 0 fully saturated rings. The Labute approximate surface area is 248 Å². The quantitative estimate of drug-likeness (QED) is 0.210. The zero-order valence-corrected chi connectivity index (χ0v) is 23.6. The Morgan fingerprint density at radius 3 is 1.88 bits per heavy atom. The lowest BCUT2D eigenvalue weighted by molar-refractivity contribution is 1.30. The Morgan fingerprint density at radius 1 is 0.476 bits per heavy atom. The molecule has 0 aliphatic rings. The first-order valence-electron chi connectivity index (χ1n) is 14.1. The van der Waals surface area contributed by atoms with Crippen molar-refractivity contribution in [2.45, 2.75) is 0 Å². The van der Waals surface area contributed by atoms with Gasteiger partial charge in [0.25, 0.3) is 0 Å². The van der Waals surface area contributed by atoms with Crippen LogP contribution in [0.25, 0.3) is 53.2 Å². The lowest BCUT2D eigenvalue weighted by Gasteiger charge is -2.27. The molecule has 0 saturated carbocycles. The molecule has 198 valence electrons. The Balaban J connectivity index is 1.27. The lowest BCUT2D eigenvalue weighted by Crippen LogP contribution is -2.10. The van der Waals surface area contributed by atoms with E-state index in [9.17, 15) is 0 Å². The van der Waals surface area contributed by atoms with Gasteiger partial charge in [0.2, 0.25) is 0 Å². The molecule has 6 aromatic carbocycles. The number of hydrogen-bond donors (Lipinski definition) is 0. The Kier molecular flexibility index (Phi) is 6.02. The number of fused-ring (bicyclic) bond motifs is 4. The number of hydrogen-bond acceptors (Lipinski definition) is 3. The van der Waals surface area contributed by atoms with E-state index < -0.39 is 0 Å². The average molecular weight is 555 g/mol. The topological polar surface area (TPSA) is 16.1 Å². The van der Waals surface area contributed by atoms with E-state index in [0.29, 0.717) is 0 Å². The van der Waals surface area contributed by atoms with Gasteiger partial charge in [0.1, 0.15) is 0 Å². The van der Waals surface area contributed by atoms with Crippen molar-refractivity contribution in [3.63, 3.8) is 0 Å². The molecular formula is C39H26N2S. The summed E-state index contributed by atoms with van der Waals surface area (Å²) in [4.78, 5) is 6.77. The number of pyridine rings is 1. The van der Waals surface area contributed by atoms with Gasteiger partial charge in [0.05, 0.1) is 10.4 Å². The summed E-state index contributed by atoms with van der Waals surface area (Å²) in [5.74, 6) is 0. The van der Waals surface area contributed by atoms with Crippen molar-refractivity contribution in [3.05, 3.63) is 158 Å². The third-order valence-electron chi connectivity index (χ3n) is 7.96. The average Bonchev–Trinajstić information content (AvgIpc) is 3.45. The number of thiophene rings is 1. The van der Waals surface area contributed by atoms with Crippen LogP contribution in [0, 0.1) is 0 Å². The molecule has 8 rings (SSSR count). The number of rotatable bonds is 5. The molecule has 0 aliphatic heterocycles. The number of anilines is 3. The normalized spacial score (nSPS) is 11.3. The van der Waals surface area contributed by atoms with E-state index in [0.717, 1.165) is 17.1 Å². The minimum atomic E-state index is 1.12. The Morgan fingerprint density at radius 2 is 1.12 bits per heavy atom. The molecule has 0 aliphatic carbocycles. The van der Waals surface area contributed by atoms with Gasteiger partial charge in [-0.3, -0.25) is 4.98 Å². The summed E-state index contributed by atoms with van der Waals surface area (Å²) >= 11 is 1.79. The van der Waals surface area contributed by atoms with Gasteiger partial charge >= 0.3 is 0 Å². The van der Waals surface area contributed by atoms with Crippen LogP contribution in [0.15, 0.2) is 158 Å². The van der Waals surface area contributed by atoms with Crippen LogP contribution < -0.4 is 4.90 Å². The molecule has 0 atom stereocenters. The van der Waals surface area contributed by atoms with Gasteiger partial charge in [0.15, 0.2) is 0 Å². The molecule has 0 unspecified atom stereocenters. The fraction of sp³-hybridized carbons (Fsp3) is 0. The zero-order valence-electron chi connectivity index (χ0n) is 22.8. The van der Waals surface area contributed by atoms with Gasteiger partial charge in [0, 0.05) is 39.2 Å². The highest BCUT2D eigenvalue weighted by atomic mass is 32.1. The first kappa shape index (κ1) is 24.5. The molecule has 2 aromatic heterocycles. The maximum atomic E-state index is 4.39.